The number of carbonyl (C=O) groups is 2. The molecule has 6 heteroatoms. The van der Waals surface area contributed by atoms with E-state index in [0.717, 1.165) is 30.5 Å². The van der Waals surface area contributed by atoms with Gasteiger partial charge in [-0.15, -0.1) is 0 Å². The zero-order valence-corrected chi connectivity index (χ0v) is 17.6. The van der Waals surface area contributed by atoms with Crippen LogP contribution in [-0.2, 0) is 16.1 Å². The van der Waals surface area contributed by atoms with Gasteiger partial charge in [0.25, 0.3) is 0 Å². The summed E-state index contributed by atoms with van der Waals surface area (Å²) in [6.45, 7) is 3.33. The van der Waals surface area contributed by atoms with E-state index < -0.39 is 11.6 Å². The summed E-state index contributed by atoms with van der Waals surface area (Å²) in [7, 11) is 0. The summed E-state index contributed by atoms with van der Waals surface area (Å²) in [4.78, 5) is 25.4. The fourth-order valence-electron chi connectivity index (χ4n) is 3.83. The third-order valence-electron chi connectivity index (χ3n) is 5.45. The number of nitrogens with one attached hydrogen (secondary N) is 3. The Balaban J connectivity index is 1.50. The second-order valence-electron chi connectivity index (χ2n) is 7.88. The molecule has 0 bridgehead atoms. The van der Waals surface area contributed by atoms with Gasteiger partial charge in [-0.25, -0.2) is 4.79 Å². The highest BCUT2D eigenvalue weighted by atomic mass is 16.5. The summed E-state index contributed by atoms with van der Waals surface area (Å²) in [6.07, 6.45) is 3.61. The molecule has 0 heterocycles. The van der Waals surface area contributed by atoms with Crippen molar-refractivity contribution in [3.63, 3.8) is 0 Å². The Kier molecular flexibility index (Phi) is 7.71. The molecular formula is C24H31N3O3. The lowest BCUT2D eigenvalue weighted by molar-refractivity contribution is -0.128. The molecular weight excluding hydrogens is 378 g/mol. The molecule has 0 radical (unpaired) electrons. The van der Waals surface area contributed by atoms with E-state index >= 15 is 0 Å². The maximum Gasteiger partial charge on any atom is 0.408 e. The molecule has 2 aromatic rings. The molecule has 1 saturated carbocycles. The van der Waals surface area contributed by atoms with Gasteiger partial charge >= 0.3 is 6.09 Å². The lowest BCUT2D eigenvalue weighted by Gasteiger charge is -2.36. The normalized spacial score (nSPS) is 15.1. The van der Waals surface area contributed by atoms with E-state index in [4.69, 9.17) is 4.74 Å². The number of anilines is 1. The average molecular weight is 410 g/mol. The van der Waals surface area contributed by atoms with Crippen LogP contribution in [0.25, 0.3) is 0 Å². The average Bonchev–Trinajstić information content (AvgIpc) is 2.76. The first kappa shape index (κ1) is 21.7. The van der Waals surface area contributed by atoms with Crippen molar-refractivity contribution in [3.05, 3.63) is 65.7 Å². The molecule has 1 aliphatic carbocycles. The highest BCUT2D eigenvalue weighted by molar-refractivity contribution is 5.90. The molecule has 3 rings (SSSR count). The van der Waals surface area contributed by atoms with Gasteiger partial charge in [0.1, 0.15) is 12.1 Å². The van der Waals surface area contributed by atoms with Crippen LogP contribution in [0.1, 0.15) is 43.2 Å². The number of alkyl carbamates (subject to hydrolysis) is 1. The van der Waals surface area contributed by atoms with Gasteiger partial charge in [0, 0.05) is 18.8 Å². The van der Waals surface area contributed by atoms with Crippen molar-refractivity contribution in [1.82, 2.24) is 10.6 Å². The van der Waals surface area contributed by atoms with Crippen molar-refractivity contribution in [3.8, 4) is 0 Å². The molecule has 0 aromatic heterocycles. The molecule has 1 fully saturated rings. The van der Waals surface area contributed by atoms with Gasteiger partial charge in [0.15, 0.2) is 0 Å². The van der Waals surface area contributed by atoms with Gasteiger partial charge < -0.3 is 20.7 Å². The first-order chi connectivity index (χ1) is 14.6. The summed E-state index contributed by atoms with van der Waals surface area (Å²) in [5.41, 5.74) is 2.23. The highest BCUT2D eigenvalue weighted by Gasteiger charge is 2.41. The fourth-order valence-corrected chi connectivity index (χ4v) is 3.83. The highest BCUT2D eigenvalue weighted by Crippen LogP contribution is 2.28. The van der Waals surface area contributed by atoms with Crippen molar-refractivity contribution in [2.45, 2.75) is 51.2 Å². The topological polar surface area (TPSA) is 79.5 Å². The smallest absolute Gasteiger partial charge is 0.408 e. The Morgan fingerprint density at radius 3 is 2.47 bits per heavy atom. The van der Waals surface area contributed by atoms with Crippen molar-refractivity contribution in [2.75, 3.05) is 18.4 Å². The summed E-state index contributed by atoms with van der Waals surface area (Å²) in [6, 6.07) is 17.6. The number of benzene rings is 2. The van der Waals surface area contributed by atoms with E-state index in [1.54, 1.807) is 0 Å². The van der Waals surface area contributed by atoms with E-state index in [-0.39, 0.29) is 12.5 Å². The van der Waals surface area contributed by atoms with Crippen LogP contribution in [0.4, 0.5) is 10.5 Å². The predicted octanol–water partition coefficient (Wildman–Crippen LogP) is 4.15. The zero-order chi connectivity index (χ0) is 21.2. The van der Waals surface area contributed by atoms with Crippen LogP contribution < -0.4 is 16.0 Å². The van der Waals surface area contributed by atoms with Crippen LogP contribution in [0, 0.1) is 6.92 Å². The molecule has 0 aliphatic heterocycles. The quantitative estimate of drug-likeness (QED) is 0.572. The first-order valence-electron chi connectivity index (χ1n) is 10.7. The minimum absolute atomic E-state index is 0.134. The Morgan fingerprint density at radius 1 is 0.967 bits per heavy atom. The second-order valence-corrected chi connectivity index (χ2v) is 7.88. The third-order valence-corrected chi connectivity index (χ3v) is 5.45. The number of aryl methyl sites for hydroxylation is 1. The van der Waals surface area contributed by atoms with Crippen LogP contribution in [0.2, 0.25) is 0 Å². The van der Waals surface area contributed by atoms with Crippen LogP contribution in [-0.4, -0.2) is 30.6 Å². The first-order valence-corrected chi connectivity index (χ1v) is 10.7. The number of amides is 2. The Bertz CT molecular complexity index is 833. The maximum absolute atomic E-state index is 13.0. The van der Waals surface area contributed by atoms with Gasteiger partial charge in [-0.2, -0.15) is 0 Å². The molecule has 1 aliphatic rings. The minimum Gasteiger partial charge on any atom is -0.445 e. The lowest BCUT2D eigenvalue weighted by atomic mass is 9.81. The molecule has 2 amide bonds. The van der Waals surface area contributed by atoms with E-state index in [1.807, 2.05) is 55.5 Å². The standard InChI is InChI=1S/C24H31N3O3/c1-19-9-8-12-21(17-19)25-15-16-26-22(28)24(13-6-3-7-14-24)27-23(29)30-18-20-10-4-2-5-11-20/h2,4-5,8-12,17,25H,3,6-7,13-16,18H2,1H3,(H,26,28)(H,27,29). The van der Waals surface area contributed by atoms with Gasteiger partial charge in [-0.3, -0.25) is 4.79 Å². The molecule has 0 atom stereocenters. The monoisotopic (exact) mass is 409 g/mol. The zero-order valence-electron chi connectivity index (χ0n) is 17.6. The number of hydrogen-bond acceptors (Lipinski definition) is 4. The Morgan fingerprint density at radius 2 is 1.73 bits per heavy atom. The maximum atomic E-state index is 13.0. The fraction of sp³-hybridized carbons (Fsp3) is 0.417. The van der Waals surface area contributed by atoms with E-state index in [0.29, 0.717) is 25.9 Å². The second kappa shape index (κ2) is 10.7. The predicted molar refractivity (Wildman–Crippen MR) is 118 cm³/mol. The SMILES string of the molecule is Cc1cccc(NCCNC(=O)C2(NC(=O)OCc3ccccc3)CCCCC2)c1. The van der Waals surface area contributed by atoms with Crippen LogP contribution in [0.5, 0.6) is 0 Å². The molecule has 3 N–H and O–H groups in total. The van der Waals surface area contributed by atoms with Crippen molar-refractivity contribution in [1.29, 1.82) is 0 Å². The summed E-state index contributed by atoms with van der Waals surface area (Å²) in [5.74, 6) is -0.134. The van der Waals surface area contributed by atoms with Crippen molar-refractivity contribution < 1.29 is 14.3 Å². The third kappa shape index (κ3) is 6.24. The molecule has 0 unspecified atom stereocenters. The molecule has 2 aromatic carbocycles. The Hall–Kier alpha value is -3.02. The van der Waals surface area contributed by atoms with Crippen molar-refractivity contribution in [2.24, 2.45) is 0 Å². The summed E-state index contributed by atoms with van der Waals surface area (Å²) >= 11 is 0. The number of ether oxygens (including phenoxy) is 1. The van der Waals surface area contributed by atoms with Crippen LogP contribution in [0.15, 0.2) is 54.6 Å². The van der Waals surface area contributed by atoms with Gasteiger partial charge in [-0.05, 0) is 43.0 Å². The van der Waals surface area contributed by atoms with Crippen LogP contribution >= 0.6 is 0 Å². The van der Waals surface area contributed by atoms with E-state index in [2.05, 4.69) is 22.0 Å². The van der Waals surface area contributed by atoms with Crippen molar-refractivity contribution >= 4 is 17.7 Å². The molecule has 30 heavy (non-hydrogen) atoms. The minimum atomic E-state index is -0.893. The number of rotatable bonds is 8. The molecule has 6 nitrogen and oxygen atoms in total. The number of carbonyl (C=O) groups excluding carboxylic acids is 2. The Labute approximate surface area is 178 Å². The molecule has 0 saturated heterocycles. The lowest BCUT2D eigenvalue weighted by Crippen LogP contribution is -2.60. The van der Waals surface area contributed by atoms with Crippen LogP contribution in [0.3, 0.4) is 0 Å². The van der Waals surface area contributed by atoms with E-state index in [9.17, 15) is 9.59 Å². The van der Waals surface area contributed by atoms with E-state index in [1.165, 1.54) is 5.56 Å². The van der Waals surface area contributed by atoms with Gasteiger partial charge in [0.05, 0.1) is 0 Å². The molecule has 160 valence electrons. The summed E-state index contributed by atoms with van der Waals surface area (Å²) < 4.78 is 5.36. The molecule has 0 spiro atoms. The largest absolute Gasteiger partial charge is 0.445 e. The summed E-state index contributed by atoms with van der Waals surface area (Å²) in [5, 5.41) is 9.17. The van der Waals surface area contributed by atoms with Gasteiger partial charge in [-0.1, -0.05) is 61.7 Å². The number of hydrogen-bond donors (Lipinski definition) is 3. The van der Waals surface area contributed by atoms with Gasteiger partial charge in [0.2, 0.25) is 5.91 Å².